The first kappa shape index (κ1) is 19.1. The highest BCUT2D eigenvalue weighted by Gasteiger charge is 2.17. The zero-order chi connectivity index (χ0) is 21.2. The van der Waals surface area contributed by atoms with Crippen molar-refractivity contribution in [3.63, 3.8) is 0 Å². The number of benzene rings is 3. The summed E-state index contributed by atoms with van der Waals surface area (Å²) in [5.41, 5.74) is 4.47. The molecule has 0 radical (unpaired) electrons. The maximum Gasteiger partial charge on any atom is 0.253 e. The normalized spacial score (nSPS) is 11.0. The lowest BCUT2D eigenvalue weighted by atomic mass is 10.0. The minimum Gasteiger partial charge on any atom is -0.337 e. The quantitative estimate of drug-likeness (QED) is 0.405. The minimum atomic E-state index is -0.0560. The van der Waals surface area contributed by atoms with Crippen LogP contribution in [0.25, 0.3) is 26.9 Å². The Morgan fingerprint density at radius 1 is 1.03 bits per heavy atom. The Labute approximate surface area is 183 Å². The number of tetrazole rings is 1. The van der Waals surface area contributed by atoms with E-state index >= 15 is 0 Å². The number of hydrogen-bond donors (Lipinski definition) is 0. The molecule has 3 aromatic carbocycles. The maximum atomic E-state index is 13.3. The van der Waals surface area contributed by atoms with Crippen LogP contribution in [0.1, 0.15) is 15.9 Å². The number of thiophene rings is 1. The summed E-state index contributed by atoms with van der Waals surface area (Å²) in [4.78, 5) is 15.0. The minimum absolute atomic E-state index is 0.0560. The van der Waals surface area contributed by atoms with Crippen molar-refractivity contribution in [2.24, 2.45) is 0 Å². The van der Waals surface area contributed by atoms with E-state index in [1.54, 1.807) is 20.9 Å². The van der Waals surface area contributed by atoms with Crippen LogP contribution in [0, 0.1) is 0 Å². The first-order chi connectivity index (χ1) is 15.2. The van der Waals surface area contributed by atoms with Crippen LogP contribution in [-0.2, 0) is 6.54 Å². The summed E-state index contributed by atoms with van der Waals surface area (Å²) < 4.78 is 2.78. The lowest BCUT2D eigenvalue weighted by Crippen LogP contribution is -2.26. The van der Waals surface area contributed by atoms with Crippen molar-refractivity contribution < 1.29 is 4.79 Å². The van der Waals surface area contributed by atoms with Crippen LogP contribution in [0.2, 0.25) is 0 Å². The van der Waals surface area contributed by atoms with Gasteiger partial charge in [0.15, 0.2) is 0 Å². The van der Waals surface area contributed by atoms with E-state index in [1.165, 1.54) is 11.0 Å². The molecule has 0 saturated carbocycles. The number of rotatable bonds is 5. The molecule has 5 rings (SSSR count). The van der Waals surface area contributed by atoms with Gasteiger partial charge in [-0.1, -0.05) is 48.5 Å². The molecule has 0 aliphatic carbocycles. The topological polar surface area (TPSA) is 63.9 Å². The third-order valence-electron chi connectivity index (χ3n) is 5.18. The van der Waals surface area contributed by atoms with E-state index in [1.807, 2.05) is 67.7 Å². The van der Waals surface area contributed by atoms with Gasteiger partial charge in [-0.05, 0) is 51.2 Å². The molecule has 0 N–H and O–H groups in total. The number of amides is 1. The van der Waals surface area contributed by atoms with Gasteiger partial charge in [-0.15, -0.1) is 16.4 Å². The molecule has 7 heteroatoms. The van der Waals surface area contributed by atoms with Gasteiger partial charge in [-0.2, -0.15) is 0 Å². The molecule has 0 aliphatic rings. The highest BCUT2D eigenvalue weighted by atomic mass is 32.1. The Morgan fingerprint density at radius 3 is 2.65 bits per heavy atom. The van der Waals surface area contributed by atoms with Gasteiger partial charge in [0.25, 0.3) is 5.91 Å². The van der Waals surface area contributed by atoms with Gasteiger partial charge < -0.3 is 4.90 Å². The van der Waals surface area contributed by atoms with Crippen molar-refractivity contribution in [1.82, 2.24) is 25.1 Å². The zero-order valence-corrected chi connectivity index (χ0v) is 17.7. The molecular weight excluding hydrogens is 406 g/mol. The summed E-state index contributed by atoms with van der Waals surface area (Å²) in [7, 11) is 1.82. The van der Waals surface area contributed by atoms with E-state index in [4.69, 9.17) is 0 Å². The monoisotopic (exact) mass is 425 g/mol. The standard InChI is InChI=1S/C24H19N5OS/c1-28(14-17-7-3-2-4-8-17)24(30)19-11-18(12-20(13-19)29-16-25-26-27-29)22-15-31-23-10-6-5-9-21(22)23/h2-13,15-16H,14H2,1H3. The molecule has 0 saturated heterocycles. The molecule has 0 fully saturated rings. The molecule has 0 bridgehead atoms. The molecular formula is C24H19N5OS. The van der Waals surface area contributed by atoms with Gasteiger partial charge in [-0.3, -0.25) is 4.79 Å². The van der Waals surface area contributed by atoms with Crippen LogP contribution in [-0.4, -0.2) is 38.1 Å². The van der Waals surface area contributed by atoms with Crippen molar-refractivity contribution in [3.05, 3.63) is 95.6 Å². The molecule has 31 heavy (non-hydrogen) atoms. The predicted molar refractivity (Wildman–Crippen MR) is 122 cm³/mol. The van der Waals surface area contributed by atoms with E-state index < -0.39 is 0 Å². The lowest BCUT2D eigenvalue weighted by Gasteiger charge is -2.18. The highest BCUT2D eigenvalue weighted by molar-refractivity contribution is 7.17. The fraction of sp³-hybridized carbons (Fsp3) is 0.0833. The number of carbonyl (C=O) groups excluding carboxylic acids is 1. The average Bonchev–Trinajstić information content (AvgIpc) is 3.49. The summed E-state index contributed by atoms with van der Waals surface area (Å²) >= 11 is 1.69. The second-order valence-electron chi connectivity index (χ2n) is 7.32. The zero-order valence-electron chi connectivity index (χ0n) is 16.8. The molecule has 0 atom stereocenters. The Bertz CT molecular complexity index is 1350. The highest BCUT2D eigenvalue weighted by Crippen LogP contribution is 2.35. The SMILES string of the molecule is CN(Cc1ccccc1)C(=O)c1cc(-c2csc3ccccc23)cc(-n2cnnn2)c1. The van der Waals surface area contributed by atoms with E-state index in [-0.39, 0.29) is 5.91 Å². The third kappa shape index (κ3) is 3.83. The van der Waals surface area contributed by atoms with Gasteiger partial charge in [-0.25, -0.2) is 4.68 Å². The molecule has 2 aromatic heterocycles. The van der Waals surface area contributed by atoms with Crippen LogP contribution in [0.5, 0.6) is 0 Å². The smallest absolute Gasteiger partial charge is 0.253 e. The second kappa shape index (κ2) is 8.12. The lowest BCUT2D eigenvalue weighted by molar-refractivity contribution is 0.0785. The maximum absolute atomic E-state index is 13.3. The molecule has 0 spiro atoms. The second-order valence-corrected chi connectivity index (χ2v) is 8.23. The van der Waals surface area contributed by atoms with Crippen LogP contribution in [0.15, 0.2) is 84.5 Å². The summed E-state index contributed by atoms with van der Waals surface area (Å²) in [5, 5.41) is 14.8. The third-order valence-corrected chi connectivity index (χ3v) is 6.14. The van der Waals surface area contributed by atoms with Crippen molar-refractivity contribution >= 4 is 27.3 Å². The molecule has 1 amide bonds. The van der Waals surface area contributed by atoms with Crippen LogP contribution < -0.4 is 0 Å². The number of nitrogens with zero attached hydrogens (tertiary/aromatic N) is 5. The molecule has 0 aliphatic heterocycles. The molecule has 6 nitrogen and oxygen atoms in total. The first-order valence-corrected chi connectivity index (χ1v) is 10.7. The first-order valence-electron chi connectivity index (χ1n) is 9.83. The van der Waals surface area contributed by atoms with Crippen LogP contribution in [0.3, 0.4) is 0 Å². The fourth-order valence-corrected chi connectivity index (χ4v) is 4.62. The van der Waals surface area contributed by atoms with E-state index in [0.29, 0.717) is 12.1 Å². The predicted octanol–water partition coefficient (Wildman–Crippen LogP) is 4.82. The van der Waals surface area contributed by atoms with Gasteiger partial charge in [0, 0.05) is 34.8 Å². The Morgan fingerprint density at radius 2 is 1.84 bits per heavy atom. The molecule has 0 unspecified atom stereocenters. The van der Waals surface area contributed by atoms with Gasteiger partial charge in [0.1, 0.15) is 6.33 Å². The van der Waals surface area contributed by atoms with E-state index in [0.717, 1.165) is 27.8 Å². The Hall–Kier alpha value is -3.84. The summed E-state index contributed by atoms with van der Waals surface area (Å²) in [6.07, 6.45) is 1.53. The average molecular weight is 426 g/mol. The van der Waals surface area contributed by atoms with Gasteiger partial charge in [0.05, 0.1) is 5.69 Å². The van der Waals surface area contributed by atoms with E-state index in [2.05, 4.69) is 33.0 Å². The summed E-state index contributed by atoms with van der Waals surface area (Å²) in [6.45, 7) is 0.533. The van der Waals surface area contributed by atoms with Gasteiger partial charge in [0.2, 0.25) is 0 Å². The number of hydrogen-bond acceptors (Lipinski definition) is 5. The number of carbonyl (C=O) groups is 1. The number of fused-ring (bicyclic) bond motifs is 1. The van der Waals surface area contributed by atoms with Crippen molar-refractivity contribution in [1.29, 1.82) is 0 Å². The van der Waals surface area contributed by atoms with Crippen molar-refractivity contribution in [2.75, 3.05) is 7.05 Å². The Balaban J connectivity index is 1.57. The van der Waals surface area contributed by atoms with Crippen molar-refractivity contribution in [3.8, 4) is 16.8 Å². The summed E-state index contributed by atoms with van der Waals surface area (Å²) in [6, 6.07) is 24.0. The van der Waals surface area contributed by atoms with Crippen LogP contribution in [0.4, 0.5) is 0 Å². The molecule has 2 heterocycles. The molecule has 5 aromatic rings. The largest absolute Gasteiger partial charge is 0.337 e. The summed E-state index contributed by atoms with van der Waals surface area (Å²) in [5.74, 6) is -0.0560. The Kier molecular flexibility index (Phi) is 5.01. The molecule has 152 valence electrons. The fourth-order valence-electron chi connectivity index (χ4n) is 3.65. The number of aromatic nitrogens is 4. The van der Waals surface area contributed by atoms with E-state index in [9.17, 15) is 4.79 Å². The van der Waals surface area contributed by atoms with Crippen LogP contribution >= 0.6 is 11.3 Å². The van der Waals surface area contributed by atoms with Crippen molar-refractivity contribution in [2.45, 2.75) is 6.54 Å². The van der Waals surface area contributed by atoms with Gasteiger partial charge >= 0.3 is 0 Å².